The zero-order valence-corrected chi connectivity index (χ0v) is 12.7. The summed E-state index contributed by atoms with van der Waals surface area (Å²) in [6.07, 6.45) is 0. The average molecular weight is 300 g/mol. The van der Waals surface area contributed by atoms with Crippen molar-refractivity contribution in [1.29, 1.82) is 0 Å². The second kappa shape index (κ2) is 5.13. The molecule has 0 bridgehead atoms. The van der Waals surface area contributed by atoms with Crippen LogP contribution in [0.5, 0.6) is 0 Å². The quantitative estimate of drug-likeness (QED) is 0.864. The van der Waals surface area contributed by atoms with Crippen LogP contribution >= 0.6 is 23.1 Å². The van der Waals surface area contributed by atoms with Crippen LogP contribution in [-0.4, -0.2) is 45.4 Å². The van der Waals surface area contributed by atoms with E-state index in [9.17, 15) is 9.59 Å². The molecule has 0 radical (unpaired) electrons. The van der Waals surface area contributed by atoms with Crippen LogP contribution in [0.15, 0.2) is 0 Å². The number of anilines is 1. The zero-order valence-electron chi connectivity index (χ0n) is 11.1. The van der Waals surface area contributed by atoms with Gasteiger partial charge in [-0.1, -0.05) is 11.3 Å². The average Bonchev–Trinajstić information content (AvgIpc) is 2.72. The van der Waals surface area contributed by atoms with Gasteiger partial charge < -0.3 is 10.0 Å². The molecule has 2 rings (SSSR count). The van der Waals surface area contributed by atoms with Crippen LogP contribution in [0.1, 0.15) is 40.9 Å². The van der Waals surface area contributed by atoms with Crippen molar-refractivity contribution in [3.8, 4) is 0 Å². The standard InChI is InChI=1S/C12H16N2O3S2/c1-7(15)9-8(10(16)17)13-11(19-9)14-4-5-18-12(2,3)6-14/h4-6H2,1-3H3,(H,16,17). The van der Waals surface area contributed by atoms with E-state index in [2.05, 4.69) is 23.7 Å². The monoisotopic (exact) mass is 300 g/mol. The molecule has 19 heavy (non-hydrogen) atoms. The predicted octanol–water partition coefficient (Wildman–Crippen LogP) is 2.38. The number of ketones is 1. The minimum atomic E-state index is -1.14. The summed E-state index contributed by atoms with van der Waals surface area (Å²) in [6.45, 7) is 7.32. The molecule has 7 heteroatoms. The van der Waals surface area contributed by atoms with Crippen LogP contribution in [0.4, 0.5) is 5.13 Å². The molecule has 1 aliphatic rings. The number of carboxylic acids is 1. The first-order chi connectivity index (χ1) is 8.80. The lowest BCUT2D eigenvalue weighted by Gasteiger charge is -2.37. The SMILES string of the molecule is CC(=O)c1sc(N2CCSC(C)(C)C2)nc1C(=O)O. The highest BCUT2D eigenvalue weighted by atomic mass is 32.2. The van der Waals surface area contributed by atoms with Crippen LogP contribution in [0.25, 0.3) is 0 Å². The van der Waals surface area contributed by atoms with Crippen molar-refractivity contribution in [3.05, 3.63) is 10.6 Å². The van der Waals surface area contributed by atoms with Crippen molar-refractivity contribution in [2.75, 3.05) is 23.7 Å². The number of hydrogen-bond acceptors (Lipinski definition) is 6. The Morgan fingerprint density at radius 1 is 1.42 bits per heavy atom. The fourth-order valence-corrected chi connectivity index (χ4v) is 4.10. The number of hydrogen-bond donors (Lipinski definition) is 1. The molecule has 1 saturated heterocycles. The van der Waals surface area contributed by atoms with E-state index in [0.717, 1.165) is 18.8 Å². The second-order valence-corrected chi connectivity index (χ2v) is 7.84. The number of Topliss-reactive ketones (excluding diaryl/α,β-unsaturated/α-hetero) is 1. The van der Waals surface area contributed by atoms with Gasteiger partial charge in [0.15, 0.2) is 16.6 Å². The summed E-state index contributed by atoms with van der Waals surface area (Å²) in [7, 11) is 0. The topological polar surface area (TPSA) is 70.5 Å². The number of carboxylic acid groups (broad SMARTS) is 1. The third kappa shape index (κ3) is 3.09. The third-order valence-corrected chi connectivity index (χ3v) is 5.35. The molecule has 1 aromatic rings. The summed E-state index contributed by atoms with van der Waals surface area (Å²) >= 11 is 3.07. The zero-order chi connectivity index (χ0) is 14.2. The lowest BCUT2D eigenvalue weighted by molar-refractivity contribution is 0.0687. The van der Waals surface area contributed by atoms with Gasteiger partial charge in [-0.3, -0.25) is 4.79 Å². The molecule has 0 saturated carbocycles. The van der Waals surface area contributed by atoms with Gasteiger partial charge in [0.05, 0.1) is 0 Å². The maximum atomic E-state index is 11.5. The highest BCUT2D eigenvalue weighted by Crippen LogP contribution is 2.35. The van der Waals surface area contributed by atoms with Crippen molar-refractivity contribution in [2.24, 2.45) is 0 Å². The molecule has 0 spiro atoms. The van der Waals surface area contributed by atoms with E-state index in [-0.39, 0.29) is 21.1 Å². The van der Waals surface area contributed by atoms with Crippen LogP contribution in [0.3, 0.4) is 0 Å². The fourth-order valence-electron chi connectivity index (χ4n) is 2.01. The molecule has 5 nitrogen and oxygen atoms in total. The Morgan fingerprint density at radius 3 is 2.58 bits per heavy atom. The number of rotatable bonds is 3. The smallest absolute Gasteiger partial charge is 0.356 e. The molecule has 1 fully saturated rings. The van der Waals surface area contributed by atoms with Gasteiger partial charge in [-0.05, 0) is 13.8 Å². The molecular formula is C12H16N2O3S2. The number of carbonyl (C=O) groups is 2. The lowest BCUT2D eigenvalue weighted by Crippen LogP contribution is -2.43. The van der Waals surface area contributed by atoms with Crippen LogP contribution in [-0.2, 0) is 0 Å². The molecule has 1 aromatic heterocycles. The molecule has 0 aliphatic carbocycles. The van der Waals surface area contributed by atoms with Gasteiger partial charge in [0.2, 0.25) is 0 Å². The highest BCUT2D eigenvalue weighted by Gasteiger charge is 2.30. The molecule has 1 N–H and O–H groups in total. The number of carbonyl (C=O) groups excluding carboxylic acids is 1. The van der Waals surface area contributed by atoms with E-state index in [0.29, 0.717) is 5.13 Å². The van der Waals surface area contributed by atoms with Gasteiger partial charge in [-0.25, -0.2) is 9.78 Å². The fraction of sp³-hybridized carbons (Fsp3) is 0.583. The van der Waals surface area contributed by atoms with E-state index >= 15 is 0 Å². The number of aromatic carboxylic acids is 1. The van der Waals surface area contributed by atoms with Gasteiger partial charge in [0, 0.05) is 30.5 Å². The largest absolute Gasteiger partial charge is 0.476 e. The first kappa shape index (κ1) is 14.3. The van der Waals surface area contributed by atoms with Gasteiger partial charge in [0.1, 0.15) is 4.88 Å². The van der Waals surface area contributed by atoms with Gasteiger partial charge in [0.25, 0.3) is 0 Å². The first-order valence-electron chi connectivity index (χ1n) is 5.94. The van der Waals surface area contributed by atoms with Gasteiger partial charge in [-0.2, -0.15) is 11.8 Å². The van der Waals surface area contributed by atoms with Crippen molar-refractivity contribution in [3.63, 3.8) is 0 Å². The van der Waals surface area contributed by atoms with E-state index in [4.69, 9.17) is 5.11 Å². The number of thioether (sulfide) groups is 1. The van der Waals surface area contributed by atoms with Crippen LogP contribution in [0, 0.1) is 0 Å². The van der Waals surface area contributed by atoms with Gasteiger partial charge >= 0.3 is 5.97 Å². The van der Waals surface area contributed by atoms with E-state index in [1.54, 1.807) is 0 Å². The third-order valence-electron chi connectivity index (χ3n) is 2.83. The van der Waals surface area contributed by atoms with E-state index in [1.165, 1.54) is 18.3 Å². The molecule has 1 aliphatic heterocycles. The molecular weight excluding hydrogens is 284 g/mol. The maximum Gasteiger partial charge on any atom is 0.356 e. The summed E-state index contributed by atoms with van der Waals surface area (Å²) in [5.74, 6) is -0.408. The Hall–Kier alpha value is -1.08. The number of thiazole rings is 1. The van der Waals surface area contributed by atoms with Crippen LogP contribution in [0.2, 0.25) is 0 Å². The molecule has 104 valence electrons. The van der Waals surface area contributed by atoms with Crippen molar-refractivity contribution in [1.82, 2.24) is 4.98 Å². The van der Waals surface area contributed by atoms with E-state index < -0.39 is 5.97 Å². The Balaban J connectivity index is 2.33. The lowest BCUT2D eigenvalue weighted by atomic mass is 10.2. The minimum absolute atomic E-state index is 0.115. The Bertz CT molecular complexity index is 494. The van der Waals surface area contributed by atoms with Gasteiger partial charge in [-0.15, -0.1) is 0 Å². The number of nitrogens with zero attached hydrogens (tertiary/aromatic N) is 2. The van der Waals surface area contributed by atoms with Crippen molar-refractivity contribution >= 4 is 40.0 Å². The van der Waals surface area contributed by atoms with E-state index in [1.807, 2.05) is 11.8 Å². The summed E-state index contributed by atoms with van der Waals surface area (Å²) in [4.78, 5) is 29.0. The minimum Gasteiger partial charge on any atom is -0.476 e. The van der Waals surface area contributed by atoms with Crippen molar-refractivity contribution in [2.45, 2.75) is 25.5 Å². The summed E-state index contributed by atoms with van der Waals surface area (Å²) in [6, 6.07) is 0. The Labute approximate surface area is 120 Å². The Morgan fingerprint density at radius 2 is 2.11 bits per heavy atom. The van der Waals surface area contributed by atoms with Crippen molar-refractivity contribution < 1.29 is 14.7 Å². The molecule has 0 atom stereocenters. The second-order valence-electron chi connectivity index (χ2n) is 5.07. The summed E-state index contributed by atoms with van der Waals surface area (Å²) < 4.78 is 0.115. The first-order valence-corrected chi connectivity index (χ1v) is 7.74. The molecule has 2 heterocycles. The molecule has 0 amide bonds. The molecule has 0 aromatic carbocycles. The summed E-state index contributed by atoms with van der Waals surface area (Å²) in [5, 5.41) is 9.73. The van der Waals surface area contributed by atoms with Crippen LogP contribution < -0.4 is 4.90 Å². The highest BCUT2D eigenvalue weighted by molar-refractivity contribution is 8.00. The molecule has 0 unspecified atom stereocenters. The maximum absolute atomic E-state index is 11.5. The number of aromatic nitrogens is 1. The Kier molecular flexibility index (Phi) is 3.87. The normalized spacial score (nSPS) is 18.4. The summed E-state index contributed by atoms with van der Waals surface area (Å²) in [5.41, 5.74) is -0.122. The predicted molar refractivity (Wildman–Crippen MR) is 77.8 cm³/mol.